The lowest BCUT2D eigenvalue weighted by Crippen LogP contribution is -2.09. The summed E-state index contributed by atoms with van der Waals surface area (Å²) >= 11 is 0. The molecule has 2 aromatic rings. The molecular weight excluding hydrogens is 269 g/mol. The number of hydrogen-bond acceptors (Lipinski definition) is 3. The van der Waals surface area contributed by atoms with Gasteiger partial charge in [-0.3, -0.25) is 5.43 Å². The van der Waals surface area contributed by atoms with Crippen LogP contribution in [0, 0.1) is 6.92 Å². The highest BCUT2D eigenvalue weighted by Crippen LogP contribution is 2.34. The van der Waals surface area contributed by atoms with Crippen LogP contribution in [-0.2, 0) is 6.18 Å². The largest absolute Gasteiger partial charge is 0.460 e. The third kappa shape index (κ3) is 3.20. The van der Waals surface area contributed by atoms with Gasteiger partial charge < -0.3 is 4.42 Å². The van der Waals surface area contributed by atoms with Crippen molar-refractivity contribution in [3.8, 4) is 0 Å². The molecule has 6 heteroatoms. The van der Waals surface area contributed by atoms with E-state index >= 15 is 0 Å². The van der Waals surface area contributed by atoms with Gasteiger partial charge in [-0.25, -0.2) is 0 Å². The Kier molecular flexibility index (Phi) is 3.83. The standard InChI is InChI=1S/C14H13F3N2O/c1-9-7-8-13(20-9)10(2)18-19-12-6-4-3-5-11(12)14(15,16)17/h3-8,19H,1-2H3/b18-10-. The zero-order valence-corrected chi connectivity index (χ0v) is 11.0. The summed E-state index contributed by atoms with van der Waals surface area (Å²) in [5, 5.41) is 3.93. The maximum absolute atomic E-state index is 12.8. The van der Waals surface area contributed by atoms with Gasteiger partial charge in [-0.15, -0.1) is 0 Å². The average molecular weight is 282 g/mol. The maximum Gasteiger partial charge on any atom is 0.418 e. The second-order valence-electron chi connectivity index (χ2n) is 4.26. The molecule has 1 aromatic carbocycles. The van der Waals surface area contributed by atoms with Crippen LogP contribution >= 0.6 is 0 Å². The van der Waals surface area contributed by atoms with Gasteiger partial charge in [-0.2, -0.15) is 18.3 Å². The Morgan fingerprint density at radius 1 is 1.15 bits per heavy atom. The van der Waals surface area contributed by atoms with Crippen molar-refractivity contribution in [1.29, 1.82) is 0 Å². The molecule has 0 atom stereocenters. The Bertz CT molecular complexity index is 629. The SMILES string of the molecule is C/C(=N/Nc1ccccc1C(F)(F)F)c1ccc(C)o1. The fourth-order valence-corrected chi connectivity index (χ4v) is 1.66. The summed E-state index contributed by atoms with van der Waals surface area (Å²) in [6.45, 7) is 3.44. The highest BCUT2D eigenvalue weighted by molar-refractivity contribution is 5.96. The van der Waals surface area contributed by atoms with Gasteiger partial charge in [0.25, 0.3) is 0 Å². The number of hydrogen-bond donors (Lipinski definition) is 1. The molecule has 0 unspecified atom stereocenters. The number of benzene rings is 1. The number of nitrogens with zero attached hydrogens (tertiary/aromatic N) is 1. The first-order valence-electron chi connectivity index (χ1n) is 5.91. The van der Waals surface area contributed by atoms with E-state index in [0.717, 1.165) is 6.07 Å². The number of anilines is 1. The predicted molar refractivity (Wildman–Crippen MR) is 70.7 cm³/mol. The molecule has 1 aromatic heterocycles. The van der Waals surface area contributed by atoms with E-state index in [1.807, 2.05) is 0 Å². The number of hydrazone groups is 1. The Morgan fingerprint density at radius 3 is 2.45 bits per heavy atom. The Morgan fingerprint density at radius 2 is 1.85 bits per heavy atom. The van der Waals surface area contributed by atoms with Gasteiger partial charge in [0.05, 0.1) is 11.3 Å². The van der Waals surface area contributed by atoms with E-state index in [9.17, 15) is 13.2 Å². The molecule has 0 radical (unpaired) electrons. The van der Waals surface area contributed by atoms with E-state index in [1.165, 1.54) is 18.2 Å². The van der Waals surface area contributed by atoms with Gasteiger partial charge in [0, 0.05) is 0 Å². The molecule has 0 aliphatic heterocycles. The van der Waals surface area contributed by atoms with Gasteiger partial charge >= 0.3 is 6.18 Å². The highest BCUT2D eigenvalue weighted by atomic mass is 19.4. The van der Waals surface area contributed by atoms with Crippen molar-refractivity contribution in [2.24, 2.45) is 5.10 Å². The van der Waals surface area contributed by atoms with Crippen LogP contribution in [0.4, 0.5) is 18.9 Å². The zero-order chi connectivity index (χ0) is 14.8. The van der Waals surface area contributed by atoms with Crippen LogP contribution in [0.25, 0.3) is 0 Å². The van der Waals surface area contributed by atoms with E-state index in [-0.39, 0.29) is 5.69 Å². The third-order valence-corrected chi connectivity index (χ3v) is 2.67. The Balaban J connectivity index is 2.23. The minimum Gasteiger partial charge on any atom is -0.460 e. The molecule has 106 valence electrons. The predicted octanol–water partition coefficient (Wildman–Crippen LogP) is 4.44. The summed E-state index contributed by atoms with van der Waals surface area (Å²) in [6, 6.07) is 8.65. The van der Waals surface area contributed by atoms with E-state index in [4.69, 9.17) is 4.42 Å². The lowest BCUT2D eigenvalue weighted by molar-refractivity contribution is -0.136. The molecule has 0 aliphatic rings. The first kappa shape index (κ1) is 14.2. The van der Waals surface area contributed by atoms with Crippen molar-refractivity contribution < 1.29 is 17.6 Å². The first-order chi connectivity index (χ1) is 9.38. The molecular formula is C14H13F3N2O. The molecule has 0 bridgehead atoms. The summed E-state index contributed by atoms with van der Waals surface area (Å²) in [5.41, 5.74) is 2.05. The van der Waals surface area contributed by atoms with Crippen LogP contribution in [0.2, 0.25) is 0 Å². The van der Waals surface area contributed by atoms with Gasteiger partial charge in [0.1, 0.15) is 17.2 Å². The molecule has 1 heterocycles. The van der Waals surface area contributed by atoms with Gasteiger partial charge in [-0.05, 0) is 38.1 Å². The molecule has 0 saturated carbocycles. The lowest BCUT2D eigenvalue weighted by atomic mass is 10.2. The fraction of sp³-hybridized carbons (Fsp3) is 0.214. The van der Waals surface area contributed by atoms with Crippen molar-refractivity contribution in [2.75, 3.05) is 5.43 Å². The van der Waals surface area contributed by atoms with E-state index in [0.29, 0.717) is 17.2 Å². The molecule has 0 fully saturated rings. The number of rotatable bonds is 3. The number of aryl methyl sites for hydroxylation is 1. The van der Waals surface area contributed by atoms with E-state index in [2.05, 4.69) is 10.5 Å². The number of halogens is 3. The molecule has 0 saturated heterocycles. The van der Waals surface area contributed by atoms with E-state index in [1.54, 1.807) is 26.0 Å². The zero-order valence-electron chi connectivity index (χ0n) is 11.0. The quantitative estimate of drug-likeness (QED) is 0.667. The Labute approximate surface area is 114 Å². The lowest BCUT2D eigenvalue weighted by Gasteiger charge is -2.11. The number of furan rings is 1. The maximum atomic E-state index is 12.8. The van der Waals surface area contributed by atoms with Crippen LogP contribution < -0.4 is 5.43 Å². The van der Waals surface area contributed by atoms with Crippen LogP contribution in [0.5, 0.6) is 0 Å². The smallest absolute Gasteiger partial charge is 0.418 e. The van der Waals surface area contributed by atoms with Gasteiger partial charge in [-0.1, -0.05) is 12.1 Å². The third-order valence-electron chi connectivity index (χ3n) is 2.67. The molecule has 0 amide bonds. The molecule has 0 aliphatic carbocycles. The minimum absolute atomic E-state index is 0.0948. The second-order valence-corrected chi connectivity index (χ2v) is 4.26. The summed E-state index contributed by atoms with van der Waals surface area (Å²) in [6.07, 6.45) is -4.42. The molecule has 3 nitrogen and oxygen atoms in total. The van der Waals surface area contributed by atoms with Crippen molar-refractivity contribution >= 4 is 11.4 Å². The van der Waals surface area contributed by atoms with Gasteiger partial charge in [0.15, 0.2) is 0 Å². The highest BCUT2D eigenvalue weighted by Gasteiger charge is 2.33. The van der Waals surface area contributed by atoms with Crippen LogP contribution in [0.3, 0.4) is 0 Å². The van der Waals surface area contributed by atoms with E-state index < -0.39 is 11.7 Å². The molecule has 1 N–H and O–H groups in total. The summed E-state index contributed by atoms with van der Waals surface area (Å²) in [5.74, 6) is 1.23. The number of nitrogens with one attached hydrogen (secondary N) is 1. The van der Waals surface area contributed by atoms with Crippen LogP contribution in [0.1, 0.15) is 24.0 Å². The summed E-state index contributed by atoms with van der Waals surface area (Å²) in [4.78, 5) is 0. The normalized spacial score (nSPS) is 12.6. The summed E-state index contributed by atoms with van der Waals surface area (Å²) < 4.78 is 43.7. The number of para-hydroxylation sites is 1. The van der Waals surface area contributed by atoms with Crippen molar-refractivity contribution in [3.63, 3.8) is 0 Å². The van der Waals surface area contributed by atoms with Gasteiger partial charge in [0.2, 0.25) is 0 Å². The fourth-order valence-electron chi connectivity index (χ4n) is 1.66. The molecule has 2 rings (SSSR count). The first-order valence-corrected chi connectivity index (χ1v) is 5.91. The van der Waals surface area contributed by atoms with Crippen molar-refractivity contribution in [3.05, 3.63) is 53.5 Å². The summed E-state index contributed by atoms with van der Waals surface area (Å²) in [7, 11) is 0. The average Bonchev–Trinajstić information content (AvgIpc) is 2.82. The topological polar surface area (TPSA) is 37.5 Å². The molecule has 20 heavy (non-hydrogen) atoms. The minimum atomic E-state index is -4.42. The van der Waals surface area contributed by atoms with Crippen LogP contribution in [0.15, 0.2) is 45.9 Å². The van der Waals surface area contributed by atoms with Crippen molar-refractivity contribution in [1.82, 2.24) is 0 Å². The molecule has 0 spiro atoms. The second kappa shape index (κ2) is 5.40. The van der Waals surface area contributed by atoms with Crippen LogP contribution in [-0.4, -0.2) is 5.71 Å². The van der Waals surface area contributed by atoms with Crippen molar-refractivity contribution in [2.45, 2.75) is 20.0 Å². The monoisotopic (exact) mass is 282 g/mol. The number of alkyl halides is 3. The Hall–Kier alpha value is -2.24.